The standard InChI is InChI=1S/C22H35N4O9P/c1-5-8-13(9-6-2)18(27)23-16-10-11-26(21(30)24-16)20-22(4,31)17-15(34-20)12-33-36(32,35-17)25-14(7-3)19(28)29/h10-11,13-15,17,20,31H,5-9,12H2,1-4H3,(H,25,32)(H,28,29)(H,23,24,27,30)/t14-,15+,17+,20+,22+,36?/m0/s1. The van der Waals surface area contributed by atoms with Crippen LogP contribution in [-0.2, 0) is 27.9 Å². The second-order valence-corrected chi connectivity index (χ2v) is 11.0. The minimum absolute atomic E-state index is 0.0843. The van der Waals surface area contributed by atoms with Gasteiger partial charge in [-0.1, -0.05) is 33.6 Å². The summed E-state index contributed by atoms with van der Waals surface area (Å²) in [6.07, 6.45) is 1.30. The molecule has 0 aromatic carbocycles. The highest BCUT2D eigenvalue weighted by Gasteiger charge is 2.60. The Morgan fingerprint density at radius 3 is 2.53 bits per heavy atom. The summed E-state index contributed by atoms with van der Waals surface area (Å²) in [7, 11) is -4.09. The molecule has 2 aliphatic rings. The smallest absolute Gasteiger partial charge is 0.406 e. The van der Waals surface area contributed by atoms with Gasteiger partial charge in [0.15, 0.2) is 6.23 Å². The van der Waals surface area contributed by atoms with E-state index in [0.29, 0.717) is 0 Å². The van der Waals surface area contributed by atoms with E-state index in [-0.39, 0.29) is 30.7 Å². The van der Waals surface area contributed by atoms with Crippen molar-refractivity contribution in [1.82, 2.24) is 14.6 Å². The first-order valence-electron chi connectivity index (χ1n) is 12.2. The van der Waals surface area contributed by atoms with Crippen LogP contribution >= 0.6 is 7.75 Å². The summed E-state index contributed by atoms with van der Waals surface area (Å²) in [6.45, 7) is 6.69. The molecular formula is C22H35N4O9P. The van der Waals surface area contributed by atoms with E-state index < -0.39 is 49.5 Å². The van der Waals surface area contributed by atoms with E-state index >= 15 is 0 Å². The molecule has 2 saturated heterocycles. The number of carbonyl (C=O) groups is 2. The quantitative estimate of drug-likeness (QED) is 0.308. The number of carboxylic acids is 1. The number of carboxylic acid groups (broad SMARTS) is 1. The van der Waals surface area contributed by atoms with Crippen molar-refractivity contribution >= 4 is 25.4 Å². The Morgan fingerprint density at radius 1 is 1.31 bits per heavy atom. The fourth-order valence-corrected chi connectivity index (χ4v) is 6.33. The van der Waals surface area contributed by atoms with Crippen molar-refractivity contribution in [2.75, 3.05) is 11.9 Å². The Morgan fingerprint density at radius 2 is 1.97 bits per heavy atom. The molecule has 0 radical (unpaired) electrons. The molecule has 1 unspecified atom stereocenters. The van der Waals surface area contributed by atoms with Gasteiger partial charge < -0.3 is 20.3 Å². The third-order valence-electron chi connectivity index (χ3n) is 6.38. The predicted octanol–water partition coefficient (Wildman–Crippen LogP) is 2.02. The first-order chi connectivity index (χ1) is 17.0. The van der Waals surface area contributed by atoms with Crippen LogP contribution in [0.3, 0.4) is 0 Å². The van der Waals surface area contributed by atoms with Crippen molar-refractivity contribution in [2.24, 2.45) is 5.92 Å². The van der Waals surface area contributed by atoms with Gasteiger partial charge in [0.1, 0.15) is 29.7 Å². The number of rotatable bonds is 11. The number of anilines is 1. The molecular weight excluding hydrogens is 495 g/mol. The number of hydrogen-bond donors (Lipinski definition) is 4. The number of aromatic nitrogens is 2. The van der Waals surface area contributed by atoms with Crippen LogP contribution < -0.4 is 16.1 Å². The van der Waals surface area contributed by atoms with E-state index in [1.165, 1.54) is 19.2 Å². The van der Waals surface area contributed by atoms with Crippen molar-refractivity contribution in [2.45, 2.75) is 89.9 Å². The first kappa shape index (κ1) is 28.4. The highest BCUT2D eigenvalue weighted by molar-refractivity contribution is 7.51. The molecule has 36 heavy (non-hydrogen) atoms. The van der Waals surface area contributed by atoms with Gasteiger partial charge in [-0.25, -0.2) is 14.4 Å². The number of fused-ring (bicyclic) bond motifs is 1. The van der Waals surface area contributed by atoms with Gasteiger partial charge in [-0.3, -0.25) is 23.2 Å². The summed E-state index contributed by atoms with van der Waals surface area (Å²) in [4.78, 5) is 40.7. The maximum absolute atomic E-state index is 13.0. The van der Waals surface area contributed by atoms with E-state index in [9.17, 15) is 29.2 Å². The summed E-state index contributed by atoms with van der Waals surface area (Å²) >= 11 is 0. The molecule has 1 aromatic rings. The molecule has 2 aliphatic heterocycles. The largest absolute Gasteiger partial charge is 0.480 e. The fourth-order valence-electron chi connectivity index (χ4n) is 4.46. The highest BCUT2D eigenvalue weighted by atomic mass is 31.2. The number of hydrogen-bond acceptors (Lipinski definition) is 9. The molecule has 0 saturated carbocycles. The average molecular weight is 531 g/mol. The van der Waals surface area contributed by atoms with E-state index in [4.69, 9.17) is 13.8 Å². The van der Waals surface area contributed by atoms with Gasteiger partial charge in [0.05, 0.1) is 6.61 Å². The molecule has 0 bridgehead atoms. The highest BCUT2D eigenvalue weighted by Crippen LogP contribution is 2.55. The number of nitrogens with zero attached hydrogens (tertiary/aromatic N) is 2. The van der Waals surface area contributed by atoms with Crippen LogP contribution in [0.1, 0.15) is 66.0 Å². The minimum Gasteiger partial charge on any atom is -0.480 e. The average Bonchev–Trinajstić information content (AvgIpc) is 3.07. The lowest BCUT2D eigenvalue weighted by atomic mass is 9.96. The molecule has 13 nitrogen and oxygen atoms in total. The zero-order valence-electron chi connectivity index (χ0n) is 20.9. The topological polar surface area (TPSA) is 178 Å². The fraction of sp³-hybridized carbons (Fsp3) is 0.727. The predicted molar refractivity (Wildman–Crippen MR) is 128 cm³/mol. The molecule has 3 rings (SSSR count). The molecule has 4 N–H and O–H groups in total. The SMILES string of the molecule is CCCC(CCC)C(=O)Nc1ccn([C@@H]2O[C@@H]3COP(=O)(N[C@@H](CC)C(=O)O)O[C@H]3[C@@]2(C)O)c(=O)n1. The Bertz CT molecular complexity index is 1060. The van der Waals surface area contributed by atoms with Crippen LogP contribution in [0.5, 0.6) is 0 Å². The maximum Gasteiger partial charge on any atom is 0.406 e. The number of carbonyl (C=O) groups excluding carboxylic acids is 1. The van der Waals surface area contributed by atoms with E-state index in [0.717, 1.165) is 30.3 Å². The van der Waals surface area contributed by atoms with Gasteiger partial charge in [-0.15, -0.1) is 0 Å². The van der Waals surface area contributed by atoms with Crippen LogP contribution in [0.2, 0.25) is 0 Å². The van der Waals surface area contributed by atoms with Crippen molar-refractivity contribution in [3.63, 3.8) is 0 Å². The number of aliphatic hydroxyl groups is 1. The van der Waals surface area contributed by atoms with Crippen molar-refractivity contribution < 1.29 is 38.2 Å². The normalized spacial score (nSPS) is 30.7. The summed E-state index contributed by atoms with van der Waals surface area (Å²) in [6, 6.07) is 0.248. The molecule has 0 aliphatic carbocycles. The number of amides is 1. The number of nitrogens with one attached hydrogen (secondary N) is 2. The summed E-state index contributed by atoms with van der Waals surface area (Å²) in [5, 5.41) is 25.5. The molecule has 1 amide bonds. The van der Waals surface area contributed by atoms with Gasteiger partial charge in [0.2, 0.25) is 5.91 Å². The van der Waals surface area contributed by atoms with Crippen molar-refractivity contribution in [3.05, 3.63) is 22.7 Å². The number of aliphatic carboxylic acids is 1. The van der Waals surface area contributed by atoms with E-state index in [1.807, 2.05) is 13.8 Å². The lowest BCUT2D eigenvalue weighted by molar-refractivity contribution is -0.139. The lowest BCUT2D eigenvalue weighted by Gasteiger charge is -2.36. The van der Waals surface area contributed by atoms with Gasteiger partial charge in [-0.2, -0.15) is 4.98 Å². The van der Waals surface area contributed by atoms with E-state index in [1.54, 1.807) is 6.92 Å². The van der Waals surface area contributed by atoms with Crippen LogP contribution in [0.4, 0.5) is 5.82 Å². The third kappa shape index (κ3) is 6.04. The van der Waals surface area contributed by atoms with Crippen molar-refractivity contribution in [1.29, 1.82) is 0 Å². The van der Waals surface area contributed by atoms with Crippen LogP contribution in [0.15, 0.2) is 17.1 Å². The van der Waals surface area contributed by atoms with Gasteiger partial charge in [0.25, 0.3) is 0 Å². The second-order valence-electron chi connectivity index (χ2n) is 9.27. The van der Waals surface area contributed by atoms with Crippen LogP contribution in [0, 0.1) is 5.92 Å². The molecule has 6 atom stereocenters. The minimum atomic E-state index is -4.09. The monoisotopic (exact) mass is 530 g/mol. The van der Waals surface area contributed by atoms with Crippen molar-refractivity contribution in [3.8, 4) is 0 Å². The Hall–Kier alpha value is -2.15. The zero-order chi connectivity index (χ0) is 26.7. The summed E-state index contributed by atoms with van der Waals surface area (Å²) < 4.78 is 30.7. The molecule has 3 heterocycles. The second kappa shape index (κ2) is 11.5. The Labute approximate surface area is 209 Å². The molecule has 1 aromatic heterocycles. The molecule has 2 fully saturated rings. The van der Waals surface area contributed by atoms with Gasteiger partial charge >= 0.3 is 19.4 Å². The van der Waals surface area contributed by atoms with Crippen LogP contribution in [0.25, 0.3) is 0 Å². The Kier molecular flexibility index (Phi) is 9.07. The molecule has 0 spiro atoms. The maximum atomic E-state index is 13.0. The van der Waals surface area contributed by atoms with Crippen LogP contribution in [-0.4, -0.2) is 62.1 Å². The first-order valence-corrected chi connectivity index (χ1v) is 13.7. The van der Waals surface area contributed by atoms with E-state index in [2.05, 4.69) is 15.4 Å². The zero-order valence-corrected chi connectivity index (χ0v) is 21.8. The summed E-state index contributed by atoms with van der Waals surface area (Å²) in [5.41, 5.74) is -2.63. The molecule has 202 valence electrons. The lowest BCUT2D eigenvalue weighted by Crippen LogP contribution is -2.50. The third-order valence-corrected chi connectivity index (χ3v) is 8.00. The Balaban J connectivity index is 1.76. The number of ether oxygens (including phenoxy) is 1. The van der Waals surface area contributed by atoms with Gasteiger partial charge in [0, 0.05) is 12.1 Å². The van der Waals surface area contributed by atoms with Gasteiger partial charge in [-0.05, 0) is 32.3 Å². The molecule has 14 heteroatoms. The summed E-state index contributed by atoms with van der Waals surface area (Å²) in [5.74, 6) is -1.53.